The maximum absolute atomic E-state index is 12.4. The van der Waals surface area contributed by atoms with E-state index in [1.807, 2.05) is 5.38 Å². The number of ether oxygens (including phenoxy) is 1. The van der Waals surface area contributed by atoms with Crippen molar-refractivity contribution in [3.05, 3.63) is 43.7 Å². The third-order valence-corrected chi connectivity index (χ3v) is 5.03. The summed E-state index contributed by atoms with van der Waals surface area (Å²) in [5.74, 6) is -1.56. The van der Waals surface area contributed by atoms with Crippen molar-refractivity contribution in [2.45, 2.75) is 32.6 Å². The molecule has 1 aliphatic carbocycles. The Morgan fingerprint density at radius 1 is 1.57 bits per heavy atom. The molecule has 2 rings (SSSR count). The first-order valence-electron chi connectivity index (χ1n) is 7.51. The highest BCUT2D eigenvalue weighted by Gasteiger charge is 2.37. The van der Waals surface area contributed by atoms with Crippen molar-refractivity contribution in [2.24, 2.45) is 5.92 Å². The lowest BCUT2D eigenvalue weighted by Gasteiger charge is -2.27. The molecule has 0 unspecified atom stereocenters. The molecule has 0 bridgehead atoms. The predicted octanol–water partition coefficient (Wildman–Crippen LogP) is 2.97. The van der Waals surface area contributed by atoms with Crippen molar-refractivity contribution in [1.82, 2.24) is 0 Å². The minimum absolute atomic E-state index is 0.108. The zero-order valence-electron chi connectivity index (χ0n) is 13.1. The van der Waals surface area contributed by atoms with E-state index in [-0.39, 0.29) is 31.3 Å². The lowest BCUT2D eigenvalue weighted by atomic mass is 9.77. The highest BCUT2D eigenvalue weighted by Crippen LogP contribution is 2.38. The number of Topliss-reactive ketones (excluding diaryl/α,β-unsaturated/α-hetero) is 1. The molecule has 2 atom stereocenters. The van der Waals surface area contributed by atoms with Crippen LogP contribution in [0.4, 0.5) is 0 Å². The average molecular weight is 337 g/mol. The van der Waals surface area contributed by atoms with Crippen molar-refractivity contribution < 1.29 is 19.2 Å². The van der Waals surface area contributed by atoms with Crippen molar-refractivity contribution in [2.75, 3.05) is 13.2 Å². The topological polar surface area (TPSA) is 86.5 Å². The molecule has 6 nitrogen and oxygen atoms in total. The molecule has 1 aliphatic rings. The van der Waals surface area contributed by atoms with Gasteiger partial charge in [0.2, 0.25) is 6.54 Å². The Morgan fingerprint density at radius 2 is 2.30 bits per heavy atom. The summed E-state index contributed by atoms with van der Waals surface area (Å²) in [4.78, 5) is 35.9. The van der Waals surface area contributed by atoms with Crippen LogP contribution in [-0.4, -0.2) is 29.8 Å². The number of nitro groups is 1. The molecule has 0 aromatic carbocycles. The number of ketones is 1. The summed E-state index contributed by atoms with van der Waals surface area (Å²) < 4.78 is 5.07. The lowest BCUT2D eigenvalue weighted by Crippen LogP contribution is -2.30. The Hall–Kier alpha value is -2.02. The Kier molecular flexibility index (Phi) is 5.65. The zero-order chi connectivity index (χ0) is 17.0. The summed E-state index contributed by atoms with van der Waals surface area (Å²) in [6.07, 6.45) is 0.623. The zero-order valence-corrected chi connectivity index (χ0v) is 13.9. The normalized spacial score (nSPS) is 19.6. The van der Waals surface area contributed by atoms with Gasteiger partial charge < -0.3 is 4.74 Å². The van der Waals surface area contributed by atoms with Gasteiger partial charge in [0.1, 0.15) is 0 Å². The van der Waals surface area contributed by atoms with Gasteiger partial charge in [0.15, 0.2) is 5.78 Å². The fourth-order valence-electron chi connectivity index (χ4n) is 3.00. The maximum Gasteiger partial charge on any atom is 0.313 e. The molecule has 124 valence electrons. The third-order valence-electron chi connectivity index (χ3n) is 4.05. The van der Waals surface area contributed by atoms with Crippen LogP contribution in [-0.2, 0) is 14.3 Å². The SMILES string of the molecule is CCOC(=O)[C@@H]1CCC(=O)C([C@@H](C[N+](=O)[O-])c2cccs2)=C1C. The molecule has 1 aromatic rings. The summed E-state index contributed by atoms with van der Waals surface area (Å²) in [7, 11) is 0. The van der Waals surface area contributed by atoms with Crippen LogP contribution in [0.15, 0.2) is 28.7 Å². The van der Waals surface area contributed by atoms with Crippen LogP contribution in [0.2, 0.25) is 0 Å². The van der Waals surface area contributed by atoms with Crippen LogP contribution in [0.5, 0.6) is 0 Å². The second-order valence-corrected chi connectivity index (χ2v) is 6.43. The average Bonchev–Trinajstić information content (AvgIpc) is 3.00. The van der Waals surface area contributed by atoms with Crippen LogP contribution in [0.3, 0.4) is 0 Å². The second kappa shape index (κ2) is 7.50. The van der Waals surface area contributed by atoms with E-state index >= 15 is 0 Å². The molecular formula is C16H19NO5S. The van der Waals surface area contributed by atoms with Gasteiger partial charge in [-0.1, -0.05) is 11.6 Å². The molecule has 1 heterocycles. The van der Waals surface area contributed by atoms with E-state index in [9.17, 15) is 19.7 Å². The molecule has 23 heavy (non-hydrogen) atoms. The molecule has 0 N–H and O–H groups in total. The number of nitrogens with zero attached hydrogens (tertiary/aromatic N) is 1. The number of hydrogen-bond donors (Lipinski definition) is 0. The van der Waals surface area contributed by atoms with Gasteiger partial charge in [0, 0.05) is 21.8 Å². The number of carbonyl (C=O) groups is 2. The van der Waals surface area contributed by atoms with E-state index in [4.69, 9.17) is 4.74 Å². The monoisotopic (exact) mass is 337 g/mol. The predicted molar refractivity (Wildman–Crippen MR) is 86.0 cm³/mol. The lowest BCUT2D eigenvalue weighted by molar-refractivity contribution is -0.481. The smallest absolute Gasteiger partial charge is 0.313 e. The van der Waals surface area contributed by atoms with Crippen molar-refractivity contribution in [3.63, 3.8) is 0 Å². The first-order chi connectivity index (χ1) is 11.0. The number of rotatable bonds is 6. The summed E-state index contributed by atoms with van der Waals surface area (Å²) in [6.45, 7) is 3.37. The third kappa shape index (κ3) is 3.85. The Bertz CT molecular complexity index is 635. The maximum atomic E-state index is 12.4. The van der Waals surface area contributed by atoms with Crippen LogP contribution < -0.4 is 0 Å². The quantitative estimate of drug-likeness (QED) is 0.452. The number of thiophene rings is 1. The molecule has 0 saturated carbocycles. The van der Waals surface area contributed by atoms with Crippen LogP contribution in [0.1, 0.15) is 37.5 Å². The van der Waals surface area contributed by atoms with Gasteiger partial charge in [-0.05, 0) is 31.7 Å². The molecule has 0 saturated heterocycles. The van der Waals surface area contributed by atoms with Gasteiger partial charge >= 0.3 is 5.97 Å². The fraction of sp³-hybridized carbons (Fsp3) is 0.500. The minimum atomic E-state index is -0.602. The number of esters is 1. The van der Waals surface area contributed by atoms with Crippen molar-refractivity contribution in [1.29, 1.82) is 0 Å². The summed E-state index contributed by atoms with van der Waals surface area (Å²) in [5, 5.41) is 12.9. The minimum Gasteiger partial charge on any atom is -0.466 e. The Balaban J connectivity index is 2.44. The molecule has 7 heteroatoms. The first-order valence-corrected chi connectivity index (χ1v) is 8.39. The molecule has 0 radical (unpaired) electrons. The van der Waals surface area contributed by atoms with Gasteiger partial charge in [0.05, 0.1) is 18.4 Å². The van der Waals surface area contributed by atoms with E-state index < -0.39 is 16.8 Å². The molecule has 1 aromatic heterocycles. The van der Waals surface area contributed by atoms with Gasteiger partial charge in [-0.15, -0.1) is 11.3 Å². The summed E-state index contributed by atoms with van der Waals surface area (Å²) >= 11 is 1.38. The van der Waals surface area contributed by atoms with Gasteiger partial charge in [-0.3, -0.25) is 19.7 Å². The van der Waals surface area contributed by atoms with E-state index in [1.54, 1.807) is 26.0 Å². The van der Waals surface area contributed by atoms with Crippen molar-refractivity contribution >= 4 is 23.1 Å². The van der Waals surface area contributed by atoms with Crippen LogP contribution in [0.25, 0.3) is 0 Å². The van der Waals surface area contributed by atoms with E-state index in [0.29, 0.717) is 17.6 Å². The Morgan fingerprint density at radius 3 is 2.87 bits per heavy atom. The summed E-state index contributed by atoms with van der Waals surface area (Å²) in [5.41, 5.74) is 1.02. The number of carbonyl (C=O) groups excluding carboxylic acids is 2. The molecule has 0 amide bonds. The van der Waals surface area contributed by atoms with Crippen molar-refractivity contribution in [3.8, 4) is 0 Å². The van der Waals surface area contributed by atoms with E-state index in [0.717, 1.165) is 4.88 Å². The standard InChI is InChI=1S/C16H19NO5S/c1-3-22-16(19)11-6-7-13(18)15(10(11)2)12(9-17(20)21)14-5-4-8-23-14/h4-5,8,11-12H,3,6-7,9H2,1-2H3/t11-,12+/m1/s1. The van der Waals surface area contributed by atoms with Gasteiger partial charge in [-0.25, -0.2) is 0 Å². The molecule has 0 spiro atoms. The highest BCUT2D eigenvalue weighted by molar-refractivity contribution is 7.10. The number of hydrogen-bond acceptors (Lipinski definition) is 6. The van der Waals surface area contributed by atoms with Gasteiger partial charge in [-0.2, -0.15) is 0 Å². The molecule has 0 fully saturated rings. The highest BCUT2D eigenvalue weighted by atomic mass is 32.1. The van der Waals surface area contributed by atoms with E-state index in [1.165, 1.54) is 11.3 Å². The van der Waals surface area contributed by atoms with Gasteiger partial charge in [0.25, 0.3) is 0 Å². The molecular weight excluding hydrogens is 318 g/mol. The fourth-order valence-corrected chi connectivity index (χ4v) is 3.83. The molecule has 0 aliphatic heterocycles. The second-order valence-electron chi connectivity index (χ2n) is 5.45. The first kappa shape index (κ1) is 17.3. The summed E-state index contributed by atoms with van der Waals surface area (Å²) in [6, 6.07) is 3.60. The Labute approximate surface area is 138 Å². The van der Waals surface area contributed by atoms with Crippen LogP contribution >= 0.6 is 11.3 Å². The van der Waals surface area contributed by atoms with Crippen LogP contribution in [0, 0.1) is 16.0 Å². The largest absolute Gasteiger partial charge is 0.466 e. The van der Waals surface area contributed by atoms with E-state index in [2.05, 4.69) is 0 Å².